The maximum atomic E-state index is 13.4. The predicted molar refractivity (Wildman–Crippen MR) is 70.0 cm³/mol. The van der Waals surface area contributed by atoms with Crippen LogP contribution < -0.4 is 5.32 Å². The third-order valence-electron chi connectivity index (χ3n) is 2.45. The summed E-state index contributed by atoms with van der Waals surface area (Å²) in [6, 6.07) is 2.89. The molecule has 18 heavy (non-hydrogen) atoms. The number of aromatic nitrogens is 2. The van der Waals surface area contributed by atoms with E-state index in [1.807, 2.05) is 0 Å². The van der Waals surface area contributed by atoms with Crippen LogP contribution in [-0.2, 0) is 7.05 Å². The molecule has 1 amide bonds. The highest BCUT2D eigenvalue weighted by Gasteiger charge is 2.12. The summed E-state index contributed by atoms with van der Waals surface area (Å²) in [7, 11) is 1.77. The van der Waals surface area contributed by atoms with Crippen molar-refractivity contribution < 1.29 is 9.18 Å². The highest BCUT2D eigenvalue weighted by molar-refractivity contribution is 9.10. The van der Waals surface area contributed by atoms with Crippen LogP contribution in [0.3, 0.4) is 0 Å². The van der Waals surface area contributed by atoms with Gasteiger partial charge in [0.15, 0.2) is 0 Å². The molecular formula is C12H11BrFN3O. The lowest BCUT2D eigenvalue weighted by atomic mass is 10.2. The van der Waals surface area contributed by atoms with Gasteiger partial charge in [-0.15, -0.1) is 0 Å². The van der Waals surface area contributed by atoms with Gasteiger partial charge in [0.25, 0.3) is 5.91 Å². The Bertz CT molecular complexity index is 609. The minimum absolute atomic E-state index is 0.292. The van der Waals surface area contributed by atoms with Gasteiger partial charge in [-0.25, -0.2) is 9.37 Å². The van der Waals surface area contributed by atoms with Crippen molar-refractivity contribution in [1.29, 1.82) is 0 Å². The van der Waals surface area contributed by atoms with Crippen molar-refractivity contribution >= 4 is 27.5 Å². The fourth-order valence-corrected chi connectivity index (χ4v) is 1.96. The molecule has 1 aromatic heterocycles. The number of carbonyl (C=O) groups is 1. The lowest BCUT2D eigenvalue weighted by Crippen LogP contribution is -2.13. The first-order valence-electron chi connectivity index (χ1n) is 5.22. The number of imidazole rings is 1. The average molecular weight is 312 g/mol. The van der Waals surface area contributed by atoms with Crippen molar-refractivity contribution in [2.24, 2.45) is 7.05 Å². The van der Waals surface area contributed by atoms with E-state index in [4.69, 9.17) is 0 Å². The van der Waals surface area contributed by atoms with Crippen LogP contribution in [0.15, 0.2) is 29.1 Å². The van der Waals surface area contributed by atoms with Gasteiger partial charge in [-0.1, -0.05) is 0 Å². The Labute approximate surface area is 112 Å². The van der Waals surface area contributed by atoms with Crippen LogP contribution in [0.5, 0.6) is 0 Å². The topological polar surface area (TPSA) is 46.9 Å². The van der Waals surface area contributed by atoms with E-state index in [9.17, 15) is 9.18 Å². The van der Waals surface area contributed by atoms with Gasteiger partial charge in [0, 0.05) is 18.9 Å². The Morgan fingerprint density at radius 3 is 2.83 bits per heavy atom. The molecule has 0 bridgehead atoms. The van der Waals surface area contributed by atoms with Crippen molar-refractivity contribution in [3.63, 3.8) is 0 Å². The van der Waals surface area contributed by atoms with E-state index in [0.29, 0.717) is 15.9 Å². The standard InChI is InChI=1S/C12H11BrFN3O/c1-7-3-8(13)9(14)4-10(7)16-12(18)11-5-17(2)6-15-11/h3-6H,1-2H3,(H,16,18). The minimum Gasteiger partial charge on any atom is -0.340 e. The van der Waals surface area contributed by atoms with E-state index in [0.717, 1.165) is 5.56 Å². The molecule has 6 heteroatoms. The van der Waals surface area contributed by atoms with Crippen LogP contribution in [0.1, 0.15) is 16.1 Å². The van der Waals surface area contributed by atoms with Gasteiger partial charge in [-0.05, 0) is 40.5 Å². The molecular weight excluding hydrogens is 301 g/mol. The lowest BCUT2D eigenvalue weighted by Gasteiger charge is -2.08. The molecule has 0 saturated carbocycles. The molecule has 0 aliphatic heterocycles. The highest BCUT2D eigenvalue weighted by Crippen LogP contribution is 2.24. The number of amides is 1. The maximum absolute atomic E-state index is 13.4. The summed E-state index contributed by atoms with van der Waals surface area (Å²) < 4.78 is 15.4. The van der Waals surface area contributed by atoms with Crippen LogP contribution in [0, 0.1) is 12.7 Å². The first-order chi connectivity index (χ1) is 8.47. The SMILES string of the molecule is Cc1cc(Br)c(F)cc1NC(=O)c1cn(C)cn1. The number of nitrogens with zero attached hydrogens (tertiary/aromatic N) is 2. The largest absolute Gasteiger partial charge is 0.340 e. The number of halogens is 2. The fraction of sp³-hybridized carbons (Fsp3) is 0.167. The van der Waals surface area contributed by atoms with Gasteiger partial charge in [0.05, 0.1) is 10.8 Å². The minimum atomic E-state index is -0.420. The van der Waals surface area contributed by atoms with Crippen molar-refractivity contribution in [3.8, 4) is 0 Å². The number of rotatable bonds is 2. The molecule has 0 unspecified atom stereocenters. The molecule has 1 heterocycles. The summed E-state index contributed by atoms with van der Waals surface area (Å²) in [5, 5.41) is 2.63. The van der Waals surface area contributed by atoms with Crippen LogP contribution in [0.2, 0.25) is 0 Å². The van der Waals surface area contributed by atoms with Crippen LogP contribution in [0.4, 0.5) is 10.1 Å². The number of hydrogen-bond donors (Lipinski definition) is 1. The Kier molecular flexibility index (Phi) is 3.47. The second-order valence-corrected chi connectivity index (χ2v) is 4.81. The zero-order chi connectivity index (χ0) is 13.3. The molecule has 1 aromatic carbocycles. The zero-order valence-electron chi connectivity index (χ0n) is 9.87. The predicted octanol–water partition coefficient (Wildman–Crippen LogP) is 2.88. The number of hydrogen-bond acceptors (Lipinski definition) is 2. The van der Waals surface area contributed by atoms with Gasteiger partial charge >= 0.3 is 0 Å². The Balaban J connectivity index is 2.24. The van der Waals surface area contributed by atoms with Gasteiger partial charge in [0.1, 0.15) is 11.5 Å². The van der Waals surface area contributed by atoms with Crippen LogP contribution in [0.25, 0.3) is 0 Å². The molecule has 0 radical (unpaired) electrons. The molecule has 1 N–H and O–H groups in total. The van der Waals surface area contributed by atoms with E-state index in [1.165, 1.54) is 12.4 Å². The summed E-state index contributed by atoms with van der Waals surface area (Å²) in [5.74, 6) is -0.780. The van der Waals surface area contributed by atoms with Crippen molar-refractivity contribution in [2.75, 3.05) is 5.32 Å². The zero-order valence-corrected chi connectivity index (χ0v) is 11.5. The summed E-state index contributed by atoms with van der Waals surface area (Å²) >= 11 is 3.09. The monoisotopic (exact) mass is 311 g/mol. The van der Waals surface area contributed by atoms with Crippen molar-refractivity contribution in [3.05, 3.63) is 46.2 Å². The van der Waals surface area contributed by atoms with E-state index in [2.05, 4.69) is 26.2 Å². The Morgan fingerprint density at radius 2 is 2.22 bits per heavy atom. The molecule has 94 valence electrons. The molecule has 0 atom stereocenters. The van der Waals surface area contributed by atoms with Crippen molar-refractivity contribution in [2.45, 2.75) is 6.92 Å². The molecule has 0 aliphatic carbocycles. The van der Waals surface area contributed by atoms with Crippen LogP contribution in [-0.4, -0.2) is 15.5 Å². The maximum Gasteiger partial charge on any atom is 0.275 e. The number of nitrogens with one attached hydrogen (secondary N) is 1. The normalized spacial score (nSPS) is 10.4. The first-order valence-corrected chi connectivity index (χ1v) is 6.01. The lowest BCUT2D eigenvalue weighted by molar-refractivity contribution is 0.102. The molecule has 2 aromatic rings. The van der Waals surface area contributed by atoms with E-state index >= 15 is 0 Å². The van der Waals surface area contributed by atoms with Gasteiger partial charge in [0.2, 0.25) is 0 Å². The highest BCUT2D eigenvalue weighted by atomic mass is 79.9. The summed E-state index contributed by atoms with van der Waals surface area (Å²) in [6.45, 7) is 1.79. The molecule has 0 saturated heterocycles. The number of carbonyl (C=O) groups excluding carboxylic acids is 1. The second kappa shape index (κ2) is 4.89. The Morgan fingerprint density at radius 1 is 1.50 bits per heavy atom. The third-order valence-corrected chi connectivity index (χ3v) is 3.06. The summed E-state index contributed by atoms with van der Waals surface area (Å²) in [5.41, 5.74) is 1.50. The summed E-state index contributed by atoms with van der Waals surface area (Å²) in [4.78, 5) is 15.8. The molecule has 0 fully saturated rings. The van der Waals surface area contributed by atoms with Gasteiger partial charge in [-0.3, -0.25) is 4.79 Å². The number of benzene rings is 1. The molecule has 0 aliphatic rings. The average Bonchev–Trinajstić information content (AvgIpc) is 2.73. The smallest absolute Gasteiger partial charge is 0.275 e. The van der Waals surface area contributed by atoms with E-state index < -0.39 is 5.82 Å². The van der Waals surface area contributed by atoms with E-state index in [-0.39, 0.29) is 5.91 Å². The van der Waals surface area contributed by atoms with Gasteiger partial charge in [-0.2, -0.15) is 0 Å². The third kappa shape index (κ3) is 2.59. The second-order valence-electron chi connectivity index (χ2n) is 3.96. The van der Waals surface area contributed by atoms with Crippen LogP contribution >= 0.6 is 15.9 Å². The summed E-state index contributed by atoms with van der Waals surface area (Å²) in [6.07, 6.45) is 3.13. The fourth-order valence-electron chi connectivity index (χ4n) is 1.50. The molecule has 4 nitrogen and oxygen atoms in total. The Hall–Kier alpha value is -1.69. The first kappa shape index (κ1) is 12.8. The van der Waals surface area contributed by atoms with Crippen molar-refractivity contribution in [1.82, 2.24) is 9.55 Å². The molecule has 0 spiro atoms. The van der Waals surface area contributed by atoms with Gasteiger partial charge < -0.3 is 9.88 Å². The number of aryl methyl sites for hydroxylation is 2. The molecule has 2 rings (SSSR count). The quantitative estimate of drug-likeness (QED) is 0.927. The number of anilines is 1. The van der Waals surface area contributed by atoms with E-state index in [1.54, 1.807) is 30.8 Å².